The van der Waals surface area contributed by atoms with Gasteiger partial charge in [-0.05, 0) is 19.3 Å². The molecule has 0 spiro atoms. The summed E-state index contributed by atoms with van der Waals surface area (Å²) in [5.41, 5.74) is 0. The molecule has 0 aromatic carbocycles. The summed E-state index contributed by atoms with van der Waals surface area (Å²) in [6.45, 7) is 8.11. The van der Waals surface area contributed by atoms with Gasteiger partial charge >= 0.3 is 0 Å². The Balaban J connectivity index is 2.48. The average molecular weight is 226 g/mol. The molecule has 1 rings (SSSR count). The zero-order valence-electron chi connectivity index (χ0n) is 10.3. The zero-order chi connectivity index (χ0) is 12.0. The minimum absolute atomic E-state index is 0.219. The summed E-state index contributed by atoms with van der Waals surface area (Å²) in [4.78, 5) is 4.21. The number of aromatic nitrogens is 3. The Morgan fingerprint density at radius 2 is 2.25 bits per heavy atom. The second kappa shape index (κ2) is 6.60. The van der Waals surface area contributed by atoms with Crippen molar-refractivity contribution in [3.05, 3.63) is 12.2 Å². The third-order valence-electron chi connectivity index (χ3n) is 2.76. The monoisotopic (exact) mass is 226 g/mol. The lowest BCUT2D eigenvalue weighted by Gasteiger charge is -2.21. The maximum atomic E-state index is 8.97. The normalized spacial score (nSPS) is 13.3. The topological polar surface area (TPSA) is 63.0 Å². The highest BCUT2D eigenvalue weighted by Gasteiger charge is 2.13. The number of rotatable bonds is 7. The van der Waals surface area contributed by atoms with Gasteiger partial charge in [0.05, 0.1) is 6.54 Å². The molecule has 0 aliphatic carbocycles. The molecule has 16 heavy (non-hydrogen) atoms. The standard InChI is InChI=1S/C11H22N4O/c1-4-15-11(13-8-14-15)7-12-10(5-6-16)9(2)3/h8-10,12,16H,4-7H2,1-3H3. The van der Waals surface area contributed by atoms with Gasteiger partial charge in [-0.25, -0.2) is 9.67 Å². The number of aliphatic hydroxyl groups is 1. The third-order valence-corrected chi connectivity index (χ3v) is 2.76. The van der Waals surface area contributed by atoms with Gasteiger partial charge in [-0.3, -0.25) is 0 Å². The van der Waals surface area contributed by atoms with Crippen LogP contribution >= 0.6 is 0 Å². The Morgan fingerprint density at radius 1 is 1.50 bits per heavy atom. The van der Waals surface area contributed by atoms with Gasteiger partial charge in [0.1, 0.15) is 12.2 Å². The van der Waals surface area contributed by atoms with Crippen molar-refractivity contribution in [2.24, 2.45) is 5.92 Å². The molecule has 5 heteroatoms. The molecule has 1 heterocycles. The van der Waals surface area contributed by atoms with E-state index in [0.29, 0.717) is 18.5 Å². The van der Waals surface area contributed by atoms with Crippen molar-refractivity contribution in [1.29, 1.82) is 0 Å². The molecule has 0 aliphatic rings. The van der Waals surface area contributed by atoms with Gasteiger partial charge in [-0.1, -0.05) is 13.8 Å². The van der Waals surface area contributed by atoms with Crippen molar-refractivity contribution in [2.45, 2.75) is 46.3 Å². The van der Waals surface area contributed by atoms with Gasteiger partial charge in [-0.15, -0.1) is 0 Å². The van der Waals surface area contributed by atoms with Crippen LogP contribution < -0.4 is 5.32 Å². The summed E-state index contributed by atoms with van der Waals surface area (Å²) in [5, 5.41) is 16.5. The molecular weight excluding hydrogens is 204 g/mol. The van der Waals surface area contributed by atoms with Crippen LogP contribution in [0.15, 0.2) is 6.33 Å². The highest BCUT2D eigenvalue weighted by molar-refractivity contribution is 4.85. The number of nitrogens with zero attached hydrogens (tertiary/aromatic N) is 3. The van der Waals surface area contributed by atoms with Crippen LogP contribution in [0.3, 0.4) is 0 Å². The quantitative estimate of drug-likeness (QED) is 0.721. The highest BCUT2D eigenvalue weighted by atomic mass is 16.3. The van der Waals surface area contributed by atoms with Crippen LogP contribution in [-0.4, -0.2) is 32.5 Å². The number of aliphatic hydroxyl groups excluding tert-OH is 1. The molecule has 1 aromatic heterocycles. The van der Waals surface area contributed by atoms with E-state index in [2.05, 4.69) is 29.2 Å². The van der Waals surface area contributed by atoms with Crippen LogP contribution in [0, 0.1) is 5.92 Å². The van der Waals surface area contributed by atoms with E-state index >= 15 is 0 Å². The first-order valence-corrected chi connectivity index (χ1v) is 5.90. The van der Waals surface area contributed by atoms with Crippen molar-refractivity contribution in [3.8, 4) is 0 Å². The van der Waals surface area contributed by atoms with E-state index in [0.717, 1.165) is 18.8 Å². The van der Waals surface area contributed by atoms with E-state index < -0.39 is 0 Å². The number of hydrogen-bond acceptors (Lipinski definition) is 4. The molecule has 0 fully saturated rings. The maximum Gasteiger partial charge on any atom is 0.140 e. The Labute approximate surface area is 96.9 Å². The molecule has 5 nitrogen and oxygen atoms in total. The zero-order valence-corrected chi connectivity index (χ0v) is 10.3. The van der Waals surface area contributed by atoms with Gasteiger partial charge in [0, 0.05) is 19.2 Å². The summed E-state index contributed by atoms with van der Waals surface area (Å²) >= 11 is 0. The van der Waals surface area contributed by atoms with Crippen molar-refractivity contribution in [1.82, 2.24) is 20.1 Å². The van der Waals surface area contributed by atoms with E-state index in [9.17, 15) is 0 Å². The van der Waals surface area contributed by atoms with E-state index in [1.54, 1.807) is 6.33 Å². The van der Waals surface area contributed by atoms with Crippen LogP contribution in [0.2, 0.25) is 0 Å². The first-order chi connectivity index (χ1) is 7.69. The van der Waals surface area contributed by atoms with Crippen molar-refractivity contribution in [3.63, 3.8) is 0 Å². The van der Waals surface area contributed by atoms with Crippen LogP contribution in [0.4, 0.5) is 0 Å². The van der Waals surface area contributed by atoms with Gasteiger partial charge in [0.25, 0.3) is 0 Å². The van der Waals surface area contributed by atoms with Crippen molar-refractivity contribution >= 4 is 0 Å². The van der Waals surface area contributed by atoms with Gasteiger partial charge in [0.15, 0.2) is 0 Å². The first-order valence-electron chi connectivity index (χ1n) is 5.90. The van der Waals surface area contributed by atoms with E-state index in [-0.39, 0.29) is 6.61 Å². The largest absolute Gasteiger partial charge is 0.396 e. The SMILES string of the molecule is CCn1ncnc1CNC(CCO)C(C)C. The summed E-state index contributed by atoms with van der Waals surface area (Å²) < 4.78 is 1.88. The Morgan fingerprint density at radius 3 is 2.81 bits per heavy atom. The second-order valence-electron chi connectivity index (χ2n) is 4.24. The van der Waals surface area contributed by atoms with E-state index in [1.165, 1.54) is 0 Å². The lowest BCUT2D eigenvalue weighted by Crippen LogP contribution is -2.35. The van der Waals surface area contributed by atoms with Gasteiger partial charge in [0.2, 0.25) is 0 Å². The minimum Gasteiger partial charge on any atom is -0.396 e. The summed E-state index contributed by atoms with van der Waals surface area (Å²) in [5.74, 6) is 1.45. The molecule has 1 aromatic rings. The number of nitrogens with one attached hydrogen (secondary N) is 1. The van der Waals surface area contributed by atoms with E-state index in [4.69, 9.17) is 5.11 Å². The molecule has 0 aliphatic heterocycles. The Bertz CT molecular complexity index is 298. The fourth-order valence-electron chi connectivity index (χ4n) is 1.72. The van der Waals surface area contributed by atoms with E-state index in [1.807, 2.05) is 11.6 Å². The Hall–Kier alpha value is -0.940. The van der Waals surface area contributed by atoms with Crippen LogP contribution in [-0.2, 0) is 13.1 Å². The van der Waals surface area contributed by atoms with Gasteiger partial charge < -0.3 is 10.4 Å². The van der Waals surface area contributed by atoms with Crippen LogP contribution in [0.1, 0.15) is 33.0 Å². The maximum absolute atomic E-state index is 8.97. The minimum atomic E-state index is 0.219. The fraction of sp³-hybridized carbons (Fsp3) is 0.818. The molecule has 0 saturated heterocycles. The van der Waals surface area contributed by atoms with Crippen LogP contribution in [0.5, 0.6) is 0 Å². The van der Waals surface area contributed by atoms with Crippen molar-refractivity contribution < 1.29 is 5.11 Å². The summed E-state index contributed by atoms with van der Waals surface area (Å²) in [7, 11) is 0. The number of hydrogen-bond donors (Lipinski definition) is 2. The predicted molar refractivity (Wildman–Crippen MR) is 62.9 cm³/mol. The molecule has 92 valence electrons. The molecule has 2 N–H and O–H groups in total. The molecule has 0 radical (unpaired) electrons. The lowest BCUT2D eigenvalue weighted by atomic mass is 10.0. The summed E-state index contributed by atoms with van der Waals surface area (Å²) in [6.07, 6.45) is 2.36. The van der Waals surface area contributed by atoms with Gasteiger partial charge in [-0.2, -0.15) is 5.10 Å². The third kappa shape index (κ3) is 3.57. The molecule has 0 amide bonds. The molecular formula is C11H22N4O. The smallest absolute Gasteiger partial charge is 0.140 e. The average Bonchev–Trinajstić information content (AvgIpc) is 2.71. The van der Waals surface area contributed by atoms with Crippen LogP contribution in [0.25, 0.3) is 0 Å². The predicted octanol–water partition coefficient (Wildman–Crippen LogP) is 0.795. The second-order valence-corrected chi connectivity index (χ2v) is 4.24. The molecule has 1 atom stereocenters. The lowest BCUT2D eigenvalue weighted by molar-refractivity contribution is 0.242. The number of aryl methyl sites for hydroxylation is 1. The van der Waals surface area contributed by atoms with Crippen molar-refractivity contribution in [2.75, 3.05) is 6.61 Å². The Kier molecular flexibility index (Phi) is 5.42. The molecule has 1 unspecified atom stereocenters. The molecule has 0 saturated carbocycles. The first kappa shape index (κ1) is 13.1. The highest BCUT2D eigenvalue weighted by Crippen LogP contribution is 2.06. The fourth-order valence-corrected chi connectivity index (χ4v) is 1.72. The molecule has 0 bridgehead atoms. The summed E-state index contributed by atoms with van der Waals surface area (Å²) in [6, 6.07) is 0.326.